The molecule has 5 heteroatoms. The molecule has 4 nitrogen and oxygen atoms in total. The Bertz CT molecular complexity index is 741. The van der Waals surface area contributed by atoms with Crippen LogP contribution in [0.3, 0.4) is 0 Å². The van der Waals surface area contributed by atoms with E-state index in [1.54, 1.807) is 32.4 Å². The van der Waals surface area contributed by atoms with Gasteiger partial charge in [0, 0.05) is 21.8 Å². The van der Waals surface area contributed by atoms with E-state index in [-0.39, 0.29) is 5.91 Å². The molecule has 0 spiro atoms. The van der Waals surface area contributed by atoms with Crippen LogP contribution < -0.4 is 14.8 Å². The molecule has 2 rings (SSSR count). The largest absolute Gasteiger partial charge is 0.497 e. The number of methoxy groups -OCH3 is 2. The normalized spacial score (nSPS) is 10.6. The number of carbonyl (C=O) groups excluding carboxylic acids is 1. The summed E-state index contributed by atoms with van der Waals surface area (Å²) in [6, 6.07) is 11.2. The van der Waals surface area contributed by atoms with Crippen molar-refractivity contribution in [2.45, 2.75) is 6.92 Å². The van der Waals surface area contributed by atoms with Crippen molar-refractivity contribution in [3.8, 4) is 11.5 Å². The van der Waals surface area contributed by atoms with Gasteiger partial charge in [-0.25, -0.2) is 0 Å². The number of benzene rings is 2. The van der Waals surface area contributed by atoms with Crippen LogP contribution in [0.2, 0.25) is 0 Å². The summed E-state index contributed by atoms with van der Waals surface area (Å²) in [7, 11) is 3.18. The van der Waals surface area contributed by atoms with Crippen molar-refractivity contribution in [2.75, 3.05) is 19.5 Å². The van der Waals surface area contributed by atoms with Crippen LogP contribution in [0.1, 0.15) is 11.1 Å². The van der Waals surface area contributed by atoms with Gasteiger partial charge in [-0.15, -0.1) is 0 Å². The molecule has 1 amide bonds. The molecule has 23 heavy (non-hydrogen) atoms. The third-order valence-corrected chi connectivity index (χ3v) is 3.80. The first kappa shape index (κ1) is 17.1. The van der Waals surface area contributed by atoms with Gasteiger partial charge in [-0.05, 0) is 48.9 Å². The highest BCUT2D eigenvalue weighted by Crippen LogP contribution is 2.25. The number of rotatable bonds is 5. The van der Waals surface area contributed by atoms with Gasteiger partial charge in [-0.3, -0.25) is 4.79 Å². The van der Waals surface area contributed by atoms with Crippen molar-refractivity contribution in [1.29, 1.82) is 0 Å². The topological polar surface area (TPSA) is 47.6 Å². The van der Waals surface area contributed by atoms with Crippen molar-refractivity contribution in [1.82, 2.24) is 0 Å². The highest BCUT2D eigenvalue weighted by molar-refractivity contribution is 9.10. The molecule has 1 N–H and O–H groups in total. The van der Waals surface area contributed by atoms with Crippen LogP contribution in [0, 0.1) is 6.92 Å². The van der Waals surface area contributed by atoms with E-state index in [2.05, 4.69) is 21.2 Å². The molecule has 0 aliphatic carbocycles. The lowest BCUT2D eigenvalue weighted by Crippen LogP contribution is -2.08. The minimum atomic E-state index is -0.212. The van der Waals surface area contributed by atoms with Gasteiger partial charge in [0.25, 0.3) is 0 Å². The highest BCUT2D eigenvalue weighted by atomic mass is 79.9. The van der Waals surface area contributed by atoms with Crippen LogP contribution >= 0.6 is 15.9 Å². The highest BCUT2D eigenvalue weighted by Gasteiger charge is 2.05. The smallest absolute Gasteiger partial charge is 0.248 e. The van der Waals surface area contributed by atoms with Gasteiger partial charge in [0.05, 0.1) is 14.2 Å². The van der Waals surface area contributed by atoms with Gasteiger partial charge in [-0.2, -0.15) is 0 Å². The van der Waals surface area contributed by atoms with Crippen molar-refractivity contribution < 1.29 is 14.3 Å². The molecule has 120 valence electrons. The molecule has 0 atom stereocenters. The summed E-state index contributed by atoms with van der Waals surface area (Å²) >= 11 is 3.40. The van der Waals surface area contributed by atoms with E-state index in [0.29, 0.717) is 11.5 Å². The molecule has 0 radical (unpaired) electrons. The molecule has 0 fully saturated rings. The summed E-state index contributed by atoms with van der Waals surface area (Å²) in [5.74, 6) is 1.17. The second-order valence-electron chi connectivity index (χ2n) is 4.89. The lowest BCUT2D eigenvalue weighted by atomic mass is 10.1. The molecular weight excluding hydrogens is 358 g/mol. The second kappa shape index (κ2) is 7.83. The Labute approximate surface area is 144 Å². The van der Waals surface area contributed by atoms with E-state index in [4.69, 9.17) is 9.47 Å². The Hall–Kier alpha value is -2.27. The van der Waals surface area contributed by atoms with Crippen molar-refractivity contribution in [3.05, 3.63) is 58.1 Å². The summed E-state index contributed by atoms with van der Waals surface area (Å²) in [6.45, 7) is 1.94. The van der Waals surface area contributed by atoms with Crippen LogP contribution in [0.25, 0.3) is 6.08 Å². The lowest BCUT2D eigenvalue weighted by molar-refractivity contribution is -0.111. The van der Waals surface area contributed by atoms with Crippen LogP contribution in [-0.2, 0) is 4.79 Å². The molecule has 0 aliphatic heterocycles. The zero-order valence-electron chi connectivity index (χ0n) is 13.2. The molecule has 0 saturated carbocycles. The van der Waals surface area contributed by atoms with Crippen LogP contribution in [0.4, 0.5) is 5.69 Å². The fourth-order valence-electron chi connectivity index (χ4n) is 2.04. The first-order valence-corrected chi connectivity index (χ1v) is 7.80. The van der Waals surface area contributed by atoms with Crippen LogP contribution in [-0.4, -0.2) is 20.1 Å². The fourth-order valence-corrected chi connectivity index (χ4v) is 2.40. The maximum Gasteiger partial charge on any atom is 0.248 e. The zero-order chi connectivity index (χ0) is 16.8. The van der Waals surface area contributed by atoms with Gasteiger partial charge >= 0.3 is 0 Å². The summed E-state index contributed by atoms with van der Waals surface area (Å²) in [5, 5.41) is 2.86. The summed E-state index contributed by atoms with van der Waals surface area (Å²) < 4.78 is 11.4. The molecular formula is C18H18BrNO3. The quantitative estimate of drug-likeness (QED) is 0.786. The predicted molar refractivity (Wildman–Crippen MR) is 96.1 cm³/mol. The number of anilines is 1. The monoisotopic (exact) mass is 375 g/mol. The third-order valence-electron chi connectivity index (χ3n) is 3.31. The number of aryl methyl sites for hydroxylation is 1. The number of carbonyl (C=O) groups is 1. The maximum absolute atomic E-state index is 12.1. The Morgan fingerprint density at radius 1 is 1.13 bits per heavy atom. The van der Waals surface area contributed by atoms with E-state index >= 15 is 0 Å². The molecule has 0 saturated heterocycles. The Morgan fingerprint density at radius 3 is 2.61 bits per heavy atom. The zero-order valence-corrected chi connectivity index (χ0v) is 14.8. The molecule has 0 unspecified atom stereocenters. The third kappa shape index (κ3) is 4.60. The van der Waals surface area contributed by atoms with E-state index in [0.717, 1.165) is 21.3 Å². The Balaban J connectivity index is 2.16. The molecule has 2 aromatic carbocycles. The number of amides is 1. The summed E-state index contributed by atoms with van der Waals surface area (Å²) in [4.78, 5) is 12.1. The first-order chi connectivity index (χ1) is 11.0. The Kier molecular flexibility index (Phi) is 5.82. The van der Waals surface area contributed by atoms with Crippen LogP contribution in [0.5, 0.6) is 11.5 Å². The Morgan fingerprint density at radius 2 is 1.91 bits per heavy atom. The number of halogens is 1. The molecule has 0 aromatic heterocycles. The summed E-state index contributed by atoms with van der Waals surface area (Å²) in [5.41, 5.74) is 2.54. The first-order valence-electron chi connectivity index (χ1n) is 7.00. The average molecular weight is 376 g/mol. The van der Waals surface area contributed by atoms with Gasteiger partial charge in [0.15, 0.2) is 0 Å². The summed E-state index contributed by atoms with van der Waals surface area (Å²) in [6.07, 6.45) is 3.17. The number of hydrogen-bond acceptors (Lipinski definition) is 3. The maximum atomic E-state index is 12.1. The van der Waals surface area contributed by atoms with Crippen molar-refractivity contribution in [3.63, 3.8) is 0 Å². The number of hydrogen-bond donors (Lipinski definition) is 1. The predicted octanol–water partition coefficient (Wildman–Crippen LogP) is 4.43. The SMILES string of the molecule is COc1ccc(OC)c(/C=C/C(=O)Nc2cc(Br)ccc2C)c1. The van der Waals surface area contributed by atoms with E-state index in [1.807, 2.05) is 31.2 Å². The lowest BCUT2D eigenvalue weighted by Gasteiger charge is -2.08. The molecule has 0 aliphatic rings. The van der Waals surface area contributed by atoms with Gasteiger partial charge in [-0.1, -0.05) is 22.0 Å². The fraction of sp³-hybridized carbons (Fsp3) is 0.167. The molecule has 0 bridgehead atoms. The van der Waals surface area contributed by atoms with Gasteiger partial charge < -0.3 is 14.8 Å². The molecule has 0 heterocycles. The second-order valence-corrected chi connectivity index (χ2v) is 5.81. The van der Waals surface area contributed by atoms with E-state index in [1.165, 1.54) is 6.08 Å². The minimum Gasteiger partial charge on any atom is -0.497 e. The number of nitrogens with one attached hydrogen (secondary N) is 1. The van der Waals surface area contributed by atoms with Crippen LogP contribution in [0.15, 0.2) is 46.9 Å². The van der Waals surface area contributed by atoms with Crippen molar-refractivity contribution >= 4 is 33.6 Å². The van der Waals surface area contributed by atoms with Gasteiger partial charge in [0.2, 0.25) is 5.91 Å². The van der Waals surface area contributed by atoms with Crippen molar-refractivity contribution in [2.24, 2.45) is 0 Å². The van der Waals surface area contributed by atoms with E-state index < -0.39 is 0 Å². The minimum absolute atomic E-state index is 0.212. The number of ether oxygens (including phenoxy) is 2. The standard InChI is InChI=1S/C18H18BrNO3/c1-12-4-6-14(19)11-16(12)20-18(21)9-5-13-10-15(22-2)7-8-17(13)23-3/h4-11H,1-3H3,(H,20,21)/b9-5+. The van der Waals surface area contributed by atoms with E-state index in [9.17, 15) is 4.79 Å². The molecule has 2 aromatic rings. The van der Waals surface area contributed by atoms with Gasteiger partial charge in [0.1, 0.15) is 11.5 Å². The average Bonchev–Trinajstić information content (AvgIpc) is 2.56.